The molecule has 1 aliphatic heterocycles. The Morgan fingerprint density at radius 1 is 1.83 bits per heavy atom. The van der Waals surface area contributed by atoms with Crippen molar-refractivity contribution in [1.29, 1.82) is 0 Å². The summed E-state index contributed by atoms with van der Waals surface area (Å²) in [6.45, 7) is 6.75. The van der Waals surface area contributed by atoms with Crippen LogP contribution in [0, 0.1) is 12.8 Å². The zero-order chi connectivity index (χ0) is 4.57. The van der Waals surface area contributed by atoms with Crippen molar-refractivity contribution in [3.05, 3.63) is 6.92 Å². The van der Waals surface area contributed by atoms with E-state index in [0.29, 0.717) is 5.92 Å². The van der Waals surface area contributed by atoms with Gasteiger partial charge in [-0.15, -0.1) is 0 Å². The maximum Gasteiger partial charge on any atom is 0.0623 e. The third kappa shape index (κ3) is 0.432. The first-order valence-electron chi connectivity index (χ1n) is 2.25. The predicted molar refractivity (Wildman–Crippen MR) is 24.3 cm³/mol. The smallest absolute Gasteiger partial charge is 0.0623 e. The van der Waals surface area contributed by atoms with Gasteiger partial charge < -0.3 is 4.74 Å². The standard InChI is InChI=1S/C5H9O/c1-4-3-6-5(4)2/h4-5H,2-3H2,1H3. The largest absolute Gasteiger partial charge is 0.377 e. The zero-order valence-corrected chi connectivity index (χ0v) is 3.98. The lowest BCUT2D eigenvalue weighted by Gasteiger charge is -2.30. The first-order valence-corrected chi connectivity index (χ1v) is 2.25. The zero-order valence-electron chi connectivity index (χ0n) is 3.98. The molecule has 1 saturated heterocycles. The summed E-state index contributed by atoms with van der Waals surface area (Å²) in [5.74, 6) is 0.699. The maximum atomic E-state index is 4.93. The fourth-order valence-corrected chi connectivity index (χ4v) is 0.425. The van der Waals surface area contributed by atoms with E-state index in [2.05, 4.69) is 13.8 Å². The molecule has 0 amide bonds. The van der Waals surface area contributed by atoms with Gasteiger partial charge in [-0.1, -0.05) is 6.92 Å². The van der Waals surface area contributed by atoms with Crippen LogP contribution in [0.3, 0.4) is 0 Å². The van der Waals surface area contributed by atoms with E-state index in [4.69, 9.17) is 4.74 Å². The number of hydrogen-bond acceptors (Lipinski definition) is 1. The van der Waals surface area contributed by atoms with E-state index in [1.54, 1.807) is 0 Å². The lowest BCUT2D eigenvalue weighted by Crippen LogP contribution is -2.34. The third-order valence-corrected chi connectivity index (χ3v) is 1.21. The van der Waals surface area contributed by atoms with Gasteiger partial charge in [-0.05, 0) is 6.92 Å². The molecule has 0 aromatic heterocycles. The molecular formula is C5H9O. The molecule has 6 heavy (non-hydrogen) atoms. The molecule has 1 radical (unpaired) electrons. The van der Waals surface area contributed by atoms with E-state index in [1.807, 2.05) is 0 Å². The van der Waals surface area contributed by atoms with Crippen LogP contribution in [0.15, 0.2) is 0 Å². The average molecular weight is 85.1 g/mol. The van der Waals surface area contributed by atoms with Crippen molar-refractivity contribution in [3.8, 4) is 0 Å². The molecule has 0 spiro atoms. The van der Waals surface area contributed by atoms with Crippen molar-refractivity contribution in [2.75, 3.05) is 6.61 Å². The first-order chi connectivity index (χ1) is 2.80. The van der Waals surface area contributed by atoms with E-state index in [-0.39, 0.29) is 6.10 Å². The van der Waals surface area contributed by atoms with Gasteiger partial charge in [-0.2, -0.15) is 0 Å². The molecule has 1 rings (SSSR count). The normalized spacial score (nSPS) is 45.0. The highest BCUT2D eigenvalue weighted by Crippen LogP contribution is 2.16. The van der Waals surface area contributed by atoms with Gasteiger partial charge in [0, 0.05) is 5.92 Å². The van der Waals surface area contributed by atoms with Gasteiger partial charge in [0.25, 0.3) is 0 Å². The minimum Gasteiger partial charge on any atom is -0.377 e. The van der Waals surface area contributed by atoms with Crippen LogP contribution in [-0.2, 0) is 4.74 Å². The topological polar surface area (TPSA) is 9.23 Å². The highest BCUT2D eigenvalue weighted by Gasteiger charge is 2.21. The van der Waals surface area contributed by atoms with Gasteiger partial charge in [0.2, 0.25) is 0 Å². The van der Waals surface area contributed by atoms with E-state index in [9.17, 15) is 0 Å². The summed E-state index contributed by atoms with van der Waals surface area (Å²) < 4.78 is 4.93. The molecule has 0 aliphatic carbocycles. The van der Waals surface area contributed by atoms with Gasteiger partial charge in [-0.3, -0.25) is 0 Å². The Morgan fingerprint density at radius 3 is 2.33 bits per heavy atom. The monoisotopic (exact) mass is 85.1 g/mol. The van der Waals surface area contributed by atoms with E-state index in [0.717, 1.165) is 6.61 Å². The lowest BCUT2D eigenvalue weighted by atomic mass is 10.0. The Hall–Kier alpha value is -0.0400. The molecule has 1 heteroatoms. The van der Waals surface area contributed by atoms with E-state index >= 15 is 0 Å². The molecule has 35 valence electrons. The molecule has 2 unspecified atom stereocenters. The highest BCUT2D eigenvalue weighted by molar-refractivity contribution is 4.75. The minimum absolute atomic E-state index is 0.282. The summed E-state index contributed by atoms with van der Waals surface area (Å²) in [4.78, 5) is 0. The van der Waals surface area contributed by atoms with Crippen LogP contribution in [0.25, 0.3) is 0 Å². The Bertz CT molecular complexity index is 43.9. The number of ether oxygens (including phenoxy) is 1. The Labute approximate surface area is 38.3 Å². The summed E-state index contributed by atoms with van der Waals surface area (Å²) in [6.07, 6.45) is 0.282. The van der Waals surface area contributed by atoms with Crippen LogP contribution in [0.5, 0.6) is 0 Å². The predicted octanol–water partition coefficient (Wildman–Crippen LogP) is 0.855. The van der Waals surface area contributed by atoms with Crippen LogP contribution in [-0.4, -0.2) is 12.7 Å². The van der Waals surface area contributed by atoms with Gasteiger partial charge in [0.1, 0.15) is 0 Å². The molecule has 1 aliphatic rings. The first kappa shape index (κ1) is 4.13. The SMILES string of the molecule is [CH2]C1OCC1C. The van der Waals surface area contributed by atoms with Crippen LogP contribution in [0.2, 0.25) is 0 Å². The molecule has 2 atom stereocenters. The molecule has 0 bridgehead atoms. The van der Waals surface area contributed by atoms with Crippen molar-refractivity contribution >= 4 is 0 Å². The quantitative estimate of drug-likeness (QED) is 0.424. The summed E-state index contributed by atoms with van der Waals surface area (Å²) in [7, 11) is 0. The molecule has 1 heterocycles. The number of rotatable bonds is 0. The average Bonchev–Trinajstić information content (AvgIpc) is 1.61. The van der Waals surface area contributed by atoms with Crippen LogP contribution >= 0.6 is 0 Å². The molecule has 1 nitrogen and oxygen atoms in total. The van der Waals surface area contributed by atoms with Crippen molar-refractivity contribution in [1.82, 2.24) is 0 Å². The van der Waals surface area contributed by atoms with Gasteiger partial charge in [0.15, 0.2) is 0 Å². The van der Waals surface area contributed by atoms with Crippen molar-refractivity contribution < 1.29 is 4.74 Å². The molecule has 0 N–H and O–H groups in total. The highest BCUT2D eigenvalue weighted by atomic mass is 16.5. The Kier molecular flexibility index (Phi) is 0.845. The minimum atomic E-state index is 0.282. The van der Waals surface area contributed by atoms with E-state index < -0.39 is 0 Å². The van der Waals surface area contributed by atoms with Crippen LogP contribution < -0.4 is 0 Å². The summed E-state index contributed by atoms with van der Waals surface area (Å²) in [5.41, 5.74) is 0. The van der Waals surface area contributed by atoms with Gasteiger partial charge in [0.05, 0.1) is 12.7 Å². The van der Waals surface area contributed by atoms with Crippen LogP contribution in [0.1, 0.15) is 6.92 Å². The lowest BCUT2D eigenvalue weighted by molar-refractivity contribution is -0.0776. The molecule has 1 fully saturated rings. The second-order valence-corrected chi connectivity index (χ2v) is 1.85. The van der Waals surface area contributed by atoms with Crippen molar-refractivity contribution in [2.24, 2.45) is 5.92 Å². The Balaban J connectivity index is 2.20. The van der Waals surface area contributed by atoms with E-state index in [1.165, 1.54) is 0 Å². The molecular weight excluding hydrogens is 76.1 g/mol. The fourth-order valence-electron chi connectivity index (χ4n) is 0.425. The van der Waals surface area contributed by atoms with Gasteiger partial charge in [-0.25, -0.2) is 0 Å². The molecule has 0 saturated carbocycles. The summed E-state index contributed by atoms with van der Waals surface area (Å²) in [6, 6.07) is 0. The van der Waals surface area contributed by atoms with Crippen LogP contribution in [0.4, 0.5) is 0 Å². The molecule has 0 aromatic rings. The number of hydrogen-bond donors (Lipinski definition) is 0. The van der Waals surface area contributed by atoms with Gasteiger partial charge >= 0.3 is 0 Å². The second-order valence-electron chi connectivity index (χ2n) is 1.85. The van der Waals surface area contributed by atoms with Crippen molar-refractivity contribution in [3.63, 3.8) is 0 Å². The maximum absolute atomic E-state index is 4.93. The molecule has 0 aromatic carbocycles. The fraction of sp³-hybridized carbons (Fsp3) is 0.800. The third-order valence-electron chi connectivity index (χ3n) is 1.21. The van der Waals surface area contributed by atoms with Crippen molar-refractivity contribution in [2.45, 2.75) is 13.0 Å². The summed E-state index contributed by atoms with van der Waals surface area (Å²) in [5, 5.41) is 0. The Morgan fingerprint density at radius 2 is 2.33 bits per heavy atom. The second kappa shape index (κ2) is 1.23. The summed E-state index contributed by atoms with van der Waals surface area (Å²) >= 11 is 0.